The van der Waals surface area contributed by atoms with Crippen molar-refractivity contribution in [2.24, 2.45) is 11.7 Å². The molecule has 6 heteroatoms. The molecule has 26 heavy (non-hydrogen) atoms. The Labute approximate surface area is 153 Å². The summed E-state index contributed by atoms with van der Waals surface area (Å²) in [5.41, 5.74) is 6.52. The number of rotatable bonds is 7. The third-order valence-electron chi connectivity index (χ3n) is 4.68. The van der Waals surface area contributed by atoms with Gasteiger partial charge in [0.2, 0.25) is 11.8 Å². The number of piperidine rings is 1. The average Bonchev–Trinajstić information content (AvgIpc) is 2.69. The molecule has 6 nitrogen and oxygen atoms in total. The van der Waals surface area contributed by atoms with Crippen LogP contribution < -0.4 is 10.5 Å². The number of carbonyl (C=O) groups excluding carboxylic acids is 2. The van der Waals surface area contributed by atoms with Crippen molar-refractivity contribution in [2.45, 2.75) is 12.8 Å². The molecule has 0 bridgehead atoms. The van der Waals surface area contributed by atoms with Crippen LogP contribution in [0.1, 0.15) is 28.8 Å². The fourth-order valence-corrected chi connectivity index (χ4v) is 3.08. The maximum Gasteiger partial charge on any atom is 0.220 e. The van der Waals surface area contributed by atoms with Crippen molar-refractivity contribution in [1.82, 2.24) is 9.88 Å². The molecule has 1 aromatic heterocycles. The van der Waals surface area contributed by atoms with Gasteiger partial charge in [-0.2, -0.15) is 0 Å². The lowest BCUT2D eigenvalue weighted by Gasteiger charge is -2.30. The standard InChI is InChI=1S/C20H23N3O3/c21-20(25)16-8-10-23(11-9-16)12-13-26-18-7-6-17(14-22-18)19(24)15-4-2-1-3-5-15/h1-7,14,16H,8-13H2,(H2,21,25). The van der Waals surface area contributed by atoms with Crippen molar-refractivity contribution < 1.29 is 14.3 Å². The molecule has 2 aromatic rings. The zero-order valence-corrected chi connectivity index (χ0v) is 14.6. The van der Waals surface area contributed by atoms with E-state index in [0.717, 1.165) is 32.5 Å². The molecule has 1 aliphatic heterocycles. The van der Waals surface area contributed by atoms with Gasteiger partial charge in [-0.1, -0.05) is 30.3 Å². The van der Waals surface area contributed by atoms with Crippen molar-refractivity contribution >= 4 is 11.7 Å². The first kappa shape index (κ1) is 18.1. The van der Waals surface area contributed by atoms with Gasteiger partial charge in [-0.3, -0.25) is 14.5 Å². The number of amides is 1. The highest BCUT2D eigenvalue weighted by atomic mass is 16.5. The van der Waals surface area contributed by atoms with E-state index in [-0.39, 0.29) is 17.6 Å². The molecule has 2 N–H and O–H groups in total. The number of likely N-dealkylation sites (tertiary alicyclic amines) is 1. The van der Waals surface area contributed by atoms with Crippen LogP contribution in [-0.4, -0.2) is 47.8 Å². The Kier molecular flexibility index (Phi) is 5.96. The number of primary amides is 1. The zero-order chi connectivity index (χ0) is 18.4. The van der Waals surface area contributed by atoms with Gasteiger partial charge in [0.25, 0.3) is 0 Å². The largest absolute Gasteiger partial charge is 0.476 e. The summed E-state index contributed by atoms with van der Waals surface area (Å²) in [4.78, 5) is 30.0. The van der Waals surface area contributed by atoms with Crippen LogP contribution in [0.15, 0.2) is 48.7 Å². The number of nitrogens with two attached hydrogens (primary N) is 1. The Morgan fingerprint density at radius 1 is 1.08 bits per heavy atom. The molecule has 0 aliphatic carbocycles. The second-order valence-electron chi connectivity index (χ2n) is 6.45. The molecular weight excluding hydrogens is 330 g/mol. The molecule has 136 valence electrons. The number of pyridine rings is 1. The topological polar surface area (TPSA) is 85.5 Å². The number of ether oxygens (including phenoxy) is 1. The van der Waals surface area contributed by atoms with Gasteiger partial charge in [0, 0.05) is 35.9 Å². The number of hydrogen-bond donors (Lipinski definition) is 1. The molecule has 0 saturated carbocycles. The second-order valence-corrected chi connectivity index (χ2v) is 6.45. The van der Waals surface area contributed by atoms with E-state index in [4.69, 9.17) is 10.5 Å². The number of carbonyl (C=O) groups is 2. The minimum atomic E-state index is -0.199. The van der Waals surface area contributed by atoms with E-state index >= 15 is 0 Å². The predicted molar refractivity (Wildman–Crippen MR) is 98.0 cm³/mol. The Balaban J connectivity index is 1.45. The lowest BCUT2D eigenvalue weighted by atomic mass is 9.96. The van der Waals surface area contributed by atoms with Crippen LogP contribution in [0.5, 0.6) is 5.88 Å². The van der Waals surface area contributed by atoms with Crippen LogP contribution in [0.25, 0.3) is 0 Å². The van der Waals surface area contributed by atoms with Gasteiger partial charge in [0.1, 0.15) is 6.61 Å². The van der Waals surface area contributed by atoms with Gasteiger partial charge in [-0.15, -0.1) is 0 Å². The van der Waals surface area contributed by atoms with E-state index in [1.54, 1.807) is 30.5 Å². The first-order valence-electron chi connectivity index (χ1n) is 8.84. The summed E-state index contributed by atoms with van der Waals surface area (Å²) in [7, 11) is 0. The Bertz CT molecular complexity index is 739. The minimum absolute atomic E-state index is 0.00327. The van der Waals surface area contributed by atoms with Crippen molar-refractivity contribution in [3.05, 3.63) is 59.8 Å². The van der Waals surface area contributed by atoms with Crippen LogP contribution in [0.4, 0.5) is 0 Å². The van der Waals surface area contributed by atoms with Crippen LogP contribution >= 0.6 is 0 Å². The van der Waals surface area contributed by atoms with Crippen LogP contribution in [-0.2, 0) is 4.79 Å². The Morgan fingerprint density at radius 3 is 2.42 bits per heavy atom. The molecule has 1 amide bonds. The number of ketones is 1. The van der Waals surface area contributed by atoms with Crippen molar-refractivity contribution in [3.8, 4) is 5.88 Å². The van der Waals surface area contributed by atoms with Crippen LogP contribution in [0.2, 0.25) is 0 Å². The molecule has 0 atom stereocenters. The monoisotopic (exact) mass is 353 g/mol. The molecule has 0 unspecified atom stereocenters. The van der Waals surface area contributed by atoms with Crippen LogP contribution in [0.3, 0.4) is 0 Å². The number of hydrogen-bond acceptors (Lipinski definition) is 5. The van der Waals surface area contributed by atoms with Crippen molar-refractivity contribution in [1.29, 1.82) is 0 Å². The van der Waals surface area contributed by atoms with E-state index in [0.29, 0.717) is 23.6 Å². The van der Waals surface area contributed by atoms with E-state index in [1.807, 2.05) is 18.2 Å². The van der Waals surface area contributed by atoms with Crippen molar-refractivity contribution in [3.63, 3.8) is 0 Å². The van der Waals surface area contributed by atoms with E-state index in [1.165, 1.54) is 0 Å². The quantitative estimate of drug-likeness (QED) is 0.768. The Morgan fingerprint density at radius 2 is 1.81 bits per heavy atom. The average molecular weight is 353 g/mol. The summed E-state index contributed by atoms with van der Waals surface area (Å²) in [6.45, 7) is 3.00. The number of aromatic nitrogens is 1. The first-order chi connectivity index (χ1) is 12.6. The maximum atomic E-state index is 12.3. The third-order valence-corrected chi connectivity index (χ3v) is 4.68. The zero-order valence-electron chi connectivity index (χ0n) is 14.6. The molecule has 0 radical (unpaired) electrons. The predicted octanol–water partition coefficient (Wildman–Crippen LogP) is 1.89. The molecule has 1 aliphatic rings. The molecule has 2 heterocycles. The lowest BCUT2D eigenvalue weighted by molar-refractivity contribution is -0.123. The summed E-state index contributed by atoms with van der Waals surface area (Å²) < 4.78 is 5.67. The molecule has 1 saturated heterocycles. The molecule has 1 fully saturated rings. The number of nitrogens with zero attached hydrogens (tertiary/aromatic N) is 2. The maximum absolute atomic E-state index is 12.3. The highest BCUT2D eigenvalue weighted by Crippen LogP contribution is 2.16. The van der Waals surface area contributed by atoms with Gasteiger partial charge in [-0.05, 0) is 32.0 Å². The van der Waals surface area contributed by atoms with Gasteiger partial charge >= 0.3 is 0 Å². The Hall–Kier alpha value is -2.73. The van der Waals surface area contributed by atoms with Gasteiger partial charge in [0.15, 0.2) is 5.78 Å². The fraction of sp³-hybridized carbons (Fsp3) is 0.350. The summed E-state index contributed by atoms with van der Waals surface area (Å²) in [6.07, 6.45) is 3.16. The lowest BCUT2D eigenvalue weighted by Crippen LogP contribution is -2.40. The second kappa shape index (κ2) is 8.58. The SMILES string of the molecule is NC(=O)C1CCN(CCOc2ccc(C(=O)c3ccccc3)cn2)CC1. The highest BCUT2D eigenvalue weighted by molar-refractivity contribution is 6.08. The molecular formula is C20H23N3O3. The van der Waals surface area contributed by atoms with Gasteiger partial charge in [0.05, 0.1) is 0 Å². The normalized spacial score (nSPS) is 15.5. The van der Waals surface area contributed by atoms with E-state index in [2.05, 4.69) is 9.88 Å². The molecule has 0 spiro atoms. The van der Waals surface area contributed by atoms with E-state index < -0.39 is 0 Å². The van der Waals surface area contributed by atoms with Gasteiger partial charge in [-0.25, -0.2) is 4.98 Å². The summed E-state index contributed by atoms with van der Waals surface area (Å²) >= 11 is 0. The van der Waals surface area contributed by atoms with Crippen LogP contribution in [0, 0.1) is 5.92 Å². The fourth-order valence-electron chi connectivity index (χ4n) is 3.08. The van der Waals surface area contributed by atoms with Gasteiger partial charge < -0.3 is 10.5 Å². The van der Waals surface area contributed by atoms with E-state index in [9.17, 15) is 9.59 Å². The molecule has 1 aromatic carbocycles. The minimum Gasteiger partial charge on any atom is -0.476 e. The molecule has 3 rings (SSSR count). The summed E-state index contributed by atoms with van der Waals surface area (Å²) in [5, 5.41) is 0. The highest BCUT2D eigenvalue weighted by Gasteiger charge is 2.22. The number of benzene rings is 1. The summed E-state index contributed by atoms with van der Waals surface area (Å²) in [5.74, 6) is 0.252. The summed E-state index contributed by atoms with van der Waals surface area (Å²) in [6, 6.07) is 12.6. The van der Waals surface area contributed by atoms with Crippen molar-refractivity contribution in [2.75, 3.05) is 26.2 Å². The first-order valence-corrected chi connectivity index (χ1v) is 8.84. The third kappa shape index (κ3) is 4.67. The smallest absolute Gasteiger partial charge is 0.220 e.